The second kappa shape index (κ2) is 4.91. The summed E-state index contributed by atoms with van der Waals surface area (Å²) in [7, 11) is 0. The topological polar surface area (TPSA) is 59.8 Å². The fourth-order valence-electron chi connectivity index (χ4n) is 2.48. The van der Waals surface area contributed by atoms with Crippen LogP contribution in [-0.2, 0) is 6.42 Å². The molecule has 0 unspecified atom stereocenters. The Morgan fingerprint density at radius 1 is 1.19 bits per heavy atom. The molecule has 3 rings (SSSR count). The molecule has 0 amide bonds. The summed E-state index contributed by atoms with van der Waals surface area (Å²) in [4.78, 5) is 2.97. The van der Waals surface area contributed by atoms with Crippen molar-refractivity contribution in [2.45, 2.75) is 6.42 Å². The van der Waals surface area contributed by atoms with Crippen molar-refractivity contribution in [3.05, 3.63) is 53.7 Å². The number of aromatic hydroxyl groups is 1. The molecule has 0 atom stereocenters. The molecule has 3 aromatic rings. The van der Waals surface area contributed by atoms with E-state index in [1.807, 2.05) is 6.07 Å². The summed E-state index contributed by atoms with van der Waals surface area (Å²) in [6.45, 7) is 0. The molecular formula is C16H10F2N2O. The minimum absolute atomic E-state index is 0.0307. The average Bonchev–Trinajstić information content (AvgIpc) is 2.86. The van der Waals surface area contributed by atoms with Crippen LogP contribution in [0.15, 0.2) is 36.5 Å². The van der Waals surface area contributed by atoms with Crippen LogP contribution in [0, 0.1) is 23.0 Å². The standard InChI is InChI=1S/C16H10F2N2O/c17-11-3-1-2-10(16(11)18)15-13(21)5-4-12-14(15)9(6-7-19)8-20-12/h1-5,8,20-21H,6H2. The van der Waals surface area contributed by atoms with Gasteiger partial charge in [-0.3, -0.25) is 0 Å². The summed E-state index contributed by atoms with van der Waals surface area (Å²) in [5.41, 5.74) is 1.44. The zero-order chi connectivity index (χ0) is 15.0. The molecule has 0 bridgehead atoms. The highest BCUT2D eigenvalue weighted by Crippen LogP contribution is 2.39. The predicted octanol–water partition coefficient (Wildman–Crippen LogP) is 3.88. The van der Waals surface area contributed by atoms with Crippen LogP contribution in [0.4, 0.5) is 8.78 Å². The minimum atomic E-state index is -1.02. The Morgan fingerprint density at radius 3 is 2.76 bits per heavy atom. The van der Waals surface area contributed by atoms with E-state index in [4.69, 9.17) is 5.26 Å². The number of rotatable bonds is 2. The smallest absolute Gasteiger partial charge is 0.166 e. The lowest BCUT2D eigenvalue weighted by atomic mass is 9.96. The molecule has 21 heavy (non-hydrogen) atoms. The molecule has 0 saturated carbocycles. The van der Waals surface area contributed by atoms with Gasteiger partial charge in [-0.05, 0) is 23.8 Å². The van der Waals surface area contributed by atoms with Gasteiger partial charge in [-0.2, -0.15) is 5.26 Å². The molecule has 0 saturated heterocycles. The van der Waals surface area contributed by atoms with Crippen molar-refractivity contribution >= 4 is 10.9 Å². The number of aromatic nitrogens is 1. The molecule has 2 N–H and O–H groups in total. The first-order valence-electron chi connectivity index (χ1n) is 6.26. The predicted molar refractivity (Wildman–Crippen MR) is 74.6 cm³/mol. The number of nitriles is 1. The Morgan fingerprint density at radius 2 is 2.00 bits per heavy atom. The maximum Gasteiger partial charge on any atom is 0.166 e. The van der Waals surface area contributed by atoms with Crippen LogP contribution in [0.2, 0.25) is 0 Å². The molecule has 0 aliphatic rings. The first-order chi connectivity index (χ1) is 10.1. The third kappa shape index (κ3) is 2.01. The van der Waals surface area contributed by atoms with Crippen LogP contribution in [0.1, 0.15) is 5.56 Å². The molecular weight excluding hydrogens is 274 g/mol. The number of phenolic OH excluding ortho intramolecular Hbond substituents is 1. The van der Waals surface area contributed by atoms with E-state index >= 15 is 0 Å². The Balaban J connectivity index is 2.41. The van der Waals surface area contributed by atoms with Gasteiger partial charge in [0, 0.05) is 28.2 Å². The summed E-state index contributed by atoms with van der Waals surface area (Å²) in [6.07, 6.45) is 1.74. The van der Waals surface area contributed by atoms with Gasteiger partial charge in [-0.1, -0.05) is 12.1 Å². The molecule has 0 aliphatic carbocycles. The number of nitrogens with zero attached hydrogens (tertiary/aromatic N) is 1. The van der Waals surface area contributed by atoms with E-state index in [0.29, 0.717) is 16.5 Å². The van der Waals surface area contributed by atoms with E-state index in [0.717, 1.165) is 6.07 Å². The number of aromatic amines is 1. The molecule has 1 heterocycles. The maximum absolute atomic E-state index is 14.1. The molecule has 0 radical (unpaired) electrons. The number of hydrogen-bond acceptors (Lipinski definition) is 2. The van der Waals surface area contributed by atoms with Crippen molar-refractivity contribution in [1.29, 1.82) is 5.26 Å². The lowest BCUT2D eigenvalue weighted by Gasteiger charge is -2.09. The quantitative estimate of drug-likeness (QED) is 0.750. The number of H-pyrrole nitrogens is 1. The number of halogens is 2. The molecule has 0 fully saturated rings. The Bertz CT molecular complexity index is 878. The van der Waals surface area contributed by atoms with Crippen LogP contribution in [0.3, 0.4) is 0 Å². The fraction of sp³-hybridized carbons (Fsp3) is 0.0625. The Labute approximate surface area is 119 Å². The van der Waals surface area contributed by atoms with Crippen LogP contribution < -0.4 is 0 Å². The molecule has 3 nitrogen and oxygen atoms in total. The molecule has 104 valence electrons. The van der Waals surface area contributed by atoms with Gasteiger partial charge in [-0.15, -0.1) is 0 Å². The maximum atomic E-state index is 14.1. The van der Waals surface area contributed by atoms with Gasteiger partial charge in [0.25, 0.3) is 0 Å². The van der Waals surface area contributed by atoms with Crippen molar-refractivity contribution in [1.82, 2.24) is 4.98 Å². The van der Waals surface area contributed by atoms with Crippen molar-refractivity contribution in [2.75, 3.05) is 0 Å². The first-order valence-corrected chi connectivity index (χ1v) is 6.26. The number of nitrogens with one attached hydrogen (secondary N) is 1. The zero-order valence-corrected chi connectivity index (χ0v) is 10.8. The lowest BCUT2D eigenvalue weighted by Crippen LogP contribution is -1.91. The third-order valence-electron chi connectivity index (χ3n) is 3.40. The van der Waals surface area contributed by atoms with E-state index < -0.39 is 11.6 Å². The number of phenols is 1. The molecule has 1 aromatic heterocycles. The summed E-state index contributed by atoms with van der Waals surface area (Å²) in [5, 5.41) is 19.5. The minimum Gasteiger partial charge on any atom is -0.507 e. The summed E-state index contributed by atoms with van der Waals surface area (Å²) in [6, 6.07) is 8.85. The van der Waals surface area contributed by atoms with Crippen LogP contribution in [0.25, 0.3) is 22.0 Å². The molecule has 0 aliphatic heterocycles. The van der Waals surface area contributed by atoms with Crippen LogP contribution in [-0.4, -0.2) is 10.1 Å². The second-order valence-electron chi connectivity index (χ2n) is 4.63. The van der Waals surface area contributed by atoms with Gasteiger partial charge in [0.2, 0.25) is 0 Å². The number of hydrogen-bond donors (Lipinski definition) is 2. The first kappa shape index (κ1) is 13.1. The Hall–Kier alpha value is -2.87. The zero-order valence-electron chi connectivity index (χ0n) is 10.8. The highest BCUT2D eigenvalue weighted by molar-refractivity contribution is 6.00. The van der Waals surface area contributed by atoms with Gasteiger partial charge >= 0.3 is 0 Å². The Kier molecular flexibility index (Phi) is 3.07. The van der Waals surface area contributed by atoms with Gasteiger partial charge in [0.05, 0.1) is 12.5 Å². The van der Waals surface area contributed by atoms with Crippen LogP contribution in [0.5, 0.6) is 5.75 Å². The van der Waals surface area contributed by atoms with E-state index in [1.165, 1.54) is 18.2 Å². The van der Waals surface area contributed by atoms with Crippen molar-refractivity contribution in [3.63, 3.8) is 0 Å². The molecule has 5 heteroatoms. The monoisotopic (exact) mass is 284 g/mol. The molecule has 0 spiro atoms. The third-order valence-corrected chi connectivity index (χ3v) is 3.40. The van der Waals surface area contributed by atoms with Gasteiger partial charge < -0.3 is 10.1 Å². The highest BCUT2D eigenvalue weighted by atomic mass is 19.2. The van der Waals surface area contributed by atoms with E-state index in [-0.39, 0.29) is 23.3 Å². The highest BCUT2D eigenvalue weighted by Gasteiger charge is 2.19. The van der Waals surface area contributed by atoms with E-state index in [1.54, 1.807) is 12.3 Å². The summed E-state index contributed by atoms with van der Waals surface area (Å²) >= 11 is 0. The van der Waals surface area contributed by atoms with Gasteiger partial charge in [0.15, 0.2) is 11.6 Å². The largest absolute Gasteiger partial charge is 0.507 e. The van der Waals surface area contributed by atoms with Crippen LogP contribution >= 0.6 is 0 Å². The molecule has 2 aromatic carbocycles. The van der Waals surface area contributed by atoms with Crippen molar-refractivity contribution < 1.29 is 13.9 Å². The fourth-order valence-corrected chi connectivity index (χ4v) is 2.48. The van der Waals surface area contributed by atoms with Gasteiger partial charge in [-0.25, -0.2) is 8.78 Å². The van der Waals surface area contributed by atoms with E-state index in [2.05, 4.69) is 4.98 Å². The van der Waals surface area contributed by atoms with Gasteiger partial charge in [0.1, 0.15) is 5.75 Å². The summed E-state index contributed by atoms with van der Waals surface area (Å²) < 4.78 is 27.5. The average molecular weight is 284 g/mol. The summed E-state index contributed by atoms with van der Waals surface area (Å²) in [5.74, 6) is -2.17. The second-order valence-corrected chi connectivity index (χ2v) is 4.63. The normalized spacial score (nSPS) is 10.7. The SMILES string of the molecule is N#CCc1c[nH]c2ccc(O)c(-c3cccc(F)c3F)c12. The lowest BCUT2D eigenvalue weighted by molar-refractivity contribution is 0.476. The van der Waals surface area contributed by atoms with Crippen molar-refractivity contribution in [2.24, 2.45) is 0 Å². The number of benzene rings is 2. The van der Waals surface area contributed by atoms with E-state index in [9.17, 15) is 13.9 Å². The number of fused-ring (bicyclic) bond motifs is 1. The van der Waals surface area contributed by atoms with Crippen molar-refractivity contribution in [3.8, 4) is 22.9 Å².